The first kappa shape index (κ1) is 14.9. The van der Waals surface area contributed by atoms with Crippen LogP contribution in [0.2, 0.25) is 0 Å². The van der Waals surface area contributed by atoms with Crippen LogP contribution in [0.5, 0.6) is 0 Å². The van der Waals surface area contributed by atoms with Gasteiger partial charge in [0, 0.05) is 0 Å². The smallest absolute Gasteiger partial charge is 0.421 e. The number of nitrogens with one attached hydrogen (secondary N) is 1. The Kier molecular flexibility index (Phi) is 4.36. The molecule has 15 nitrogen and oxygen atoms in total. The minimum atomic E-state index is -4.02. The zero-order chi connectivity index (χ0) is 14.5. The predicted molar refractivity (Wildman–Crippen MR) is 45.2 cm³/mol. The fraction of sp³-hybridized carbons (Fsp3) is 0.667. The van der Waals surface area contributed by atoms with Crippen molar-refractivity contribution in [2.75, 3.05) is 6.61 Å². The summed E-state index contributed by atoms with van der Waals surface area (Å²) in [7, 11) is 0. The first-order valence-corrected chi connectivity index (χ1v) is 3.66. The van der Waals surface area contributed by atoms with Gasteiger partial charge in [-0.3, -0.25) is 30.3 Å². The maximum Gasteiger partial charge on any atom is 0.734 e. The normalized spacial score (nSPS) is 10.2. The van der Waals surface area contributed by atoms with Gasteiger partial charge in [-0.15, -0.1) is 0 Å². The van der Waals surface area contributed by atoms with Gasteiger partial charge in [-0.2, -0.15) is 0 Å². The molecular weight excluding hydrogens is 266 g/mol. The highest BCUT2D eigenvalue weighted by atomic mass is 16.7. The number of hydrazine groups is 1. The molecule has 0 saturated carbocycles. The van der Waals surface area contributed by atoms with E-state index in [1.165, 1.54) is 0 Å². The van der Waals surface area contributed by atoms with Crippen LogP contribution in [0.4, 0.5) is 4.79 Å². The van der Waals surface area contributed by atoms with Crippen LogP contribution in [-0.4, -0.2) is 38.3 Å². The Bertz CT molecular complexity index is 380. The fourth-order valence-corrected chi connectivity index (χ4v) is 0.627. The molecule has 100 valence electrons. The summed E-state index contributed by atoms with van der Waals surface area (Å²) in [6.07, 6.45) is -1.92. The van der Waals surface area contributed by atoms with Crippen molar-refractivity contribution < 1.29 is 29.3 Å². The second-order valence-electron chi connectivity index (χ2n) is 2.49. The third-order valence-electron chi connectivity index (χ3n) is 1.46. The highest BCUT2D eigenvalue weighted by Gasteiger charge is 2.72. The molecule has 0 aliphatic heterocycles. The topological polar surface area (TPSA) is 211 Å². The van der Waals surface area contributed by atoms with Gasteiger partial charge >= 0.3 is 18.5 Å². The van der Waals surface area contributed by atoms with Gasteiger partial charge in [0.2, 0.25) is 0 Å². The van der Waals surface area contributed by atoms with E-state index in [-0.39, 0.29) is 0 Å². The predicted octanol–water partition coefficient (Wildman–Crippen LogP) is -1.61. The molecule has 0 unspecified atom stereocenters. The molecule has 0 radical (unpaired) electrons. The Morgan fingerprint density at radius 2 is 1.39 bits per heavy atom. The summed E-state index contributed by atoms with van der Waals surface area (Å²) in [4.78, 5) is 45.5. The van der Waals surface area contributed by atoms with E-state index in [2.05, 4.69) is 4.74 Å². The van der Waals surface area contributed by atoms with Gasteiger partial charge in [-0.05, 0) is 5.43 Å². The molecule has 0 saturated heterocycles. The molecule has 1 amide bonds. The Morgan fingerprint density at radius 3 is 1.67 bits per heavy atom. The maximum absolute atomic E-state index is 10.5. The molecule has 15 heteroatoms. The van der Waals surface area contributed by atoms with Crippen molar-refractivity contribution in [3.63, 3.8) is 0 Å². The number of hydrogen-bond acceptors (Lipinski definition) is 10. The minimum Gasteiger partial charge on any atom is -0.421 e. The first-order valence-electron chi connectivity index (χ1n) is 3.66. The summed E-state index contributed by atoms with van der Waals surface area (Å²) < 4.78 is 3.69. The zero-order valence-corrected chi connectivity index (χ0v) is 8.08. The van der Waals surface area contributed by atoms with Gasteiger partial charge in [0.25, 0.3) is 0 Å². The van der Waals surface area contributed by atoms with Crippen LogP contribution >= 0.6 is 0 Å². The van der Waals surface area contributed by atoms with Gasteiger partial charge in [-0.1, -0.05) is 0 Å². The van der Waals surface area contributed by atoms with E-state index in [0.29, 0.717) is 0 Å². The van der Waals surface area contributed by atoms with Crippen molar-refractivity contribution >= 4 is 6.09 Å². The van der Waals surface area contributed by atoms with Crippen LogP contribution in [0.25, 0.3) is 0 Å². The zero-order valence-electron chi connectivity index (χ0n) is 8.08. The van der Waals surface area contributed by atoms with Gasteiger partial charge < -0.3 is 4.74 Å². The third kappa shape index (κ3) is 2.93. The molecule has 0 spiro atoms. The van der Waals surface area contributed by atoms with Crippen LogP contribution in [0, 0.1) is 40.5 Å². The van der Waals surface area contributed by atoms with E-state index in [9.17, 15) is 45.3 Å². The molecular formula is C3H3N5O10. The SMILES string of the molecule is O=C(N[N+](=O)[O-])OCC([N+](=O)[O-])([N+](=O)[O-])[N+](=O)[O-]. The molecule has 0 bridgehead atoms. The average molecular weight is 269 g/mol. The van der Waals surface area contributed by atoms with Crippen LogP contribution in [0.1, 0.15) is 0 Å². The molecule has 18 heavy (non-hydrogen) atoms. The molecule has 0 rings (SSSR count). The lowest BCUT2D eigenvalue weighted by atomic mass is 10.4. The maximum atomic E-state index is 10.5. The molecule has 0 aliphatic carbocycles. The average Bonchev–Trinajstić information content (AvgIpc) is 2.15. The standard InChI is InChI=1S/C3H3N5O10/c9-2(4-8(16)17)18-1-3(5(10)11,6(12)13)7(14)15/h1H2,(H,4,9). The number of amides is 1. The molecule has 0 aliphatic rings. The van der Waals surface area contributed by atoms with Crippen LogP contribution in [0.15, 0.2) is 0 Å². The summed E-state index contributed by atoms with van der Waals surface area (Å²) in [5.74, 6) is -4.02. The quantitative estimate of drug-likeness (QED) is 0.330. The number of ether oxygens (including phenoxy) is 1. The highest BCUT2D eigenvalue weighted by Crippen LogP contribution is 2.12. The Morgan fingerprint density at radius 1 is 1.00 bits per heavy atom. The summed E-state index contributed by atoms with van der Waals surface area (Å²) in [5, 5.41) is 39.3. The van der Waals surface area contributed by atoms with Crippen molar-refractivity contribution in [3.8, 4) is 0 Å². The second-order valence-corrected chi connectivity index (χ2v) is 2.49. The van der Waals surface area contributed by atoms with E-state index in [1.807, 2.05) is 0 Å². The van der Waals surface area contributed by atoms with Gasteiger partial charge in [0.15, 0.2) is 19.8 Å². The van der Waals surface area contributed by atoms with Gasteiger partial charge in [0.05, 0.1) is 0 Å². The number of carbonyl (C=O) groups is 1. The third-order valence-corrected chi connectivity index (χ3v) is 1.46. The number of nitrogens with zero attached hydrogens (tertiary/aromatic N) is 4. The van der Waals surface area contributed by atoms with Crippen LogP contribution in [-0.2, 0) is 4.74 Å². The Labute approximate surface area is 94.9 Å². The van der Waals surface area contributed by atoms with Crippen LogP contribution < -0.4 is 5.43 Å². The molecule has 0 fully saturated rings. The largest absolute Gasteiger partial charge is 0.734 e. The summed E-state index contributed by atoms with van der Waals surface area (Å²) in [6, 6.07) is 0. The van der Waals surface area contributed by atoms with E-state index in [1.54, 1.807) is 0 Å². The second kappa shape index (κ2) is 5.27. The van der Waals surface area contributed by atoms with Crippen molar-refractivity contribution in [2.45, 2.75) is 5.79 Å². The van der Waals surface area contributed by atoms with Crippen molar-refractivity contribution in [2.24, 2.45) is 0 Å². The number of nitro groups is 4. The number of carbonyl (C=O) groups excluding carboxylic acids is 1. The monoisotopic (exact) mass is 269 g/mol. The first-order chi connectivity index (χ1) is 8.14. The summed E-state index contributed by atoms with van der Waals surface area (Å²) in [5.41, 5.74) is 0.825. The lowest BCUT2D eigenvalue weighted by Gasteiger charge is -2.08. The van der Waals surface area contributed by atoms with Gasteiger partial charge in [0.1, 0.15) is 0 Å². The molecule has 0 aromatic carbocycles. The number of hydrogen-bond donors (Lipinski definition) is 1. The van der Waals surface area contributed by atoms with Crippen LogP contribution in [0.3, 0.4) is 0 Å². The van der Waals surface area contributed by atoms with E-state index in [0.717, 1.165) is 5.43 Å². The number of rotatable bonds is 6. The molecule has 0 aromatic rings. The molecule has 1 N–H and O–H groups in total. The van der Waals surface area contributed by atoms with Crippen molar-refractivity contribution in [3.05, 3.63) is 40.5 Å². The fourth-order valence-electron chi connectivity index (χ4n) is 0.627. The summed E-state index contributed by atoms with van der Waals surface area (Å²) in [6.45, 7) is -1.92. The molecule has 0 atom stereocenters. The summed E-state index contributed by atoms with van der Waals surface area (Å²) >= 11 is 0. The molecule has 0 heterocycles. The van der Waals surface area contributed by atoms with Crippen molar-refractivity contribution in [1.82, 2.24) is 5.43 Å². The highest BCUT2D eigenvalue weighted by molar-refractivity contribution is 5.65. The Hall–Kier alpha value is -3.13. The lowest BCUT2D eigenvalue weighted by Crippen LogP contribution is -2.57. The minimum absolute atomic E-state index is 0.825. The van der Waals surface area contributed by atoms with E-state index < -0.39 is 38.3 Å². The van der Waals surface area contributed by atoms with E-state index in [4.69, 9.17) is 0 Å². The lowest BCUT2D eigenvalue weighted by molar-refractivity contribution is -0.970. The Balaban J connectivity index is 4.99. The van der Waals surface area contributed by atoms with Gasteiger partial charge in [-0.25, -0.2) is 14.9 Å². The van der Waals surface area contributed by atoms with Crippen molar-refractivity contribution in [1.29, 1.82) is 0 Å². The van der Waals surface area contributed by atoms with E-state index >= 15 is 0 Å². The molecule has 0 aromatic heterocycles.